The van der Waals surface area contributed by atoms with Crippen molar-refractivity contribution in [2.24, 2.45) is 0 Å². The van der Waals surface area contributed by atoms with Crippen molar-refractivity contribution in [1.82, 2.24) is 4.98 Å². The molecule has 0 aliphatic heterocycles. The van der Waals surface area contributed by atoms with Crippen molar-refractivity contribution in [1.29, 1.82) is 5.26 Å². The van der Waals surface area contributed by atoms with Gasteiger partial charge in [0, 0.05) is 11.9 Å². The average Bonchev–Trinajstić information content (AvgIpc) is 2.37. The van der Waals surface area contributed by atoms with E-state index in [-0.39, 0.29) is 10.8 Å². The maximum atomic E-state index is 11.5. The Labute approximate surface area is 123 Å². The van der Waals surface area contributed by atoms with E-state index in [1.54, 1.807) is 32.0 Å². The van der Waals surface area contributed by atoms with Crippen LogP contribution in [0.5, 0.6) is 11.6 Å². The summed E-state index contributed by atoms with van der Waals surface area (Å²) in [4.78, 5) is 4.35. The van der Waals surface area contributed by atoms with Crippen LogP contribution >= 0.6 is 0 Å². The first-order chi connectivity index (χ1) is 9.81. The lowest BCUT2D eigenvalue weighted by Gasteiger charge is -2.10. The zero-order valence-electron chi connectivity index (χ0n) is 11.9. The summed E-state index contributed by atoms with van der Waals surface area (Å²) >= 11 is 0. The van der Waals surface area contributed by atoms with Crippen molar-refractivity contribution in [3.05, 3.63) is 47.2 Å². The standard InChI is InChI=1S/C15H14N2O3S/c1-10-7-11(2)17-15(14(10)9-16)20-12-5-4-6-13(8-12)21(3,18)19/h4-8H,1-3H3. The van der Waals surface area contributed by atoms with Crippen LogP contribution in [-0.2, 0) is 9.84 Å². The van der Waals surface area contributed by atoms with E-state index in [4.69, 9.17) is 4.74 Å². The van der Waals surface area contributed by atoms with Crippen LogP contribution in [0.3, 0.4) is 0 Å². The Kier molecular flexibility index (Phi) is 3.96. The number of ether oxygens (including phenoxy) is 1. The van der Waals surface area contributed by atoms with Gasteiger partial charge >= 0.3 is 0 Å². The Balaban J connectivity index is 2.47. The van der Waals surface area contributed by atoms with Gasteiger partial charge in [0.05, 0.1) is 4.90 Å². The Morgan fingerprint density at radius 3 is 2.57 bits per heavy atom. The minimum Gasteiger partial charge on any atom is -0.438 e. The highest BCUT2D eigenvalue weighted by Crippen LogP contribution is 2.27. The Morgan fingerprint density at radius 1 is 1.24 bits per heavy atom. The zero-order valence-corrected chi connectivity index (χ0v) is 12.7. The minimum absolute atomic E-state index is 0.155. The molecule has 2 rings (SSSR count). The molecule has 0 spiro atoms. The molecule has 0 bridgehead atoms. The summed E-state index contributed by atoms with van der Waals surface area (Å²) in [6.07, 6.45) is 1.13. The van der Waals surface area contributed by atoms with Crippen LogP contribution < -0.4 is 4.74 Å². The van der Waals surface area contributed by atoms with E-state index in [0.29, 0.717) is 11.3 Å². The summed E-state index contributed by atoms with van der Waals surface area (Å²) in [6.45, 7) is 3.60. The van der Waals surface area contributed by atoms with Crippen LogP contribution in [0.4, 0.5) is 0 Å². The molecule has 21 heavy (non-hydrogen) atoms. The molecule has 108 valence electrons. The second kappa shape index (κ2) is 5.54. The summed E-state index contributed by atoms with van der Waals surface area (Å²) in [6, 6.07) is 9.95. The molecule has 0 fully saturated rings. The van der Waals surface area contributed by atoms with Crippen LogP contribution in [0.15, 0.2) is 35.2 Å². The predicted molar refractivity (Wildman–Crippen MR) is 78.1 cm³/mol. The molecule has 0 N–H and O–H groups in total. The van der Waals surface area contributed by atoms with Crippen LogP contribution in [0.2, 0.25) is 0 Å². The molecule has 5 nitrogen and oxygen atoms in total. The number of nitriles is 1. The highest BCUT2D eigenvalue weighted by molar-refractivity contribution is 7.90. The van der Waals surface area contributed by atoms with Crippen LogP contribution in [0.25, 0.3) is 0 Å². The Bertz CT molecular complexity index is 836. The van der Waals surface area contributed by atoms with E-state index < -0.39 is 9.84 Å². The molecule has 6 heteroatoms. The summed E-state index contributed by atoms with van der Waals surface area (Å²) < 4.78 is 28.7. The molecule has 1 aromatic heterocycles. The fraction of sp³-hybridized carbons (Fsp3) is 0.200. The Morgan fingerprint density at radius 2 is 1.95 bits per heavy atom. The number of nitrogens with zero attached hydrogens (tertiary/aromatic N) is 2. The van der Waals surface area contributed by atoms with Crippen molar-refractivity contribution in [2.75, 3.05) is 6.26 Å². The molecule has 0 unspecified atom stereocenters. The highest BCUT2D eigenvalue weighted by atomic mass is 32.2. The third-order valence-electron chi connectivity index (χ3n) is 2.87. The molecule has 0 saturated carbocycles. The first kappa shape index (κ1) is 15.0. The number of benzene rings is 1. The maximum Gasteiger partial charge on any atom is 0.237 e. The molecule has 0 saturated heterocycles. The fourth-order valence-electron chi connectivity index (χ4n) is 1.89. The van der Waals surface area contributed by atoms with Gasteiger partial charge in [0.1, 0.15) is 17.4 Å². The Hall–Kier alpha value is -2.39. The normalized spacial score (nSPS) is 11.0. The number of pyridine rings is 1. The molecular formula is C15H14N2O3S. The van der Waals surface area contributed by atoms with Gasteiger partial charge in [-0.3, -0.25) is 0 Å². The second-order valence-corrected chi connectivity index (χ2v) is 6.74. The highest BCUT2D eigenvalue weighted by Gasteiger charge is 2.13. The van der Waals surface area contributed by atoms with Gasteiger partial charge in [-0.15, -0.1) is 0 Å². The summed E-state index contributed by atoms with van der Waals surface area (Å²) in [5.74, 6) is 0.507. The summed E-state index contributed by atoms with van der Waals surface area (Å²) in [7, 11) is -3.32. The predicted octanol–water partition coefficient (Wildman–Crippen LogP) is 2.77. The maximum absolute atomic E-state index is 11.5. The van der Waals surface area contributed by atoms with E-state index in [1.807, 2.05) is 0 Å². The average molecular weight is 302 g/mol. The number of aryl methyl sites for hydroxylation is 2. The fourth-order valence-corrected chi connectivity index (χ4v) is 2.55. The first-order valence-corrected chi connectivity index (χ1v) is 8.06. The number of sulfone groups is 1. The van der Waals surface area contributed by atoms with E-state index in [2.05, 4.69) is 11.1 Å². The van der Waals surface area contributed by atoms with Crippen molar-refractivity contribution in [3.63, 3.8) is 0 Å². The number of hydrogen-bond donors (Lipinski definition) is 0. The quantitative estimate of drug-likeness (QED) is 0.871. The van der Waals surface area contributed by atoms with E-state index in [9.17, 15) is 13.7 Å². The van der Waals surface area contributed by atoms with Gasteiger partial charge in [-0.05, 0) is 43.7 Å². The molecule has 0 aliphatic carbocycles. The zero-order chi connectivity index (χ0) is 15.6. The summed E-state index contributed by atoms with van der Waals surface area (Å²) in [5, 5.41) is 9.19. The van der Waals surface area contributed by atoms with E-state index in [1.165, 1.54) is 12.1 Å². The smallest absolute Gasteiger partial charge is 0.237 e. The van der Waals surface area contributed by atoms with E-state index >= 15 is 0 Å². The molecular weight excluding hydrogens is 288 g/mol. The molecule has 0 amide bonds. The number of rotatable bonds is 3. The van der Waals surface area contributed by atoms with Crippen molar-refractivity contribution < 1.29 is 13.2 Å². The largest absolute Gasteiger partial charge is 0.438 e. The van der Waals surface area contributed by atoms with Gasteiger partial charge in [-0.2, -0.15) is 5.26 Å². The SMILES string of the molecule is Cc1cc(C)c(C#N)c(Oc2cccc(S(C)(=O)=O)c2)n1. The van der Waals surface area contributed by atoms with E-state index in [0.717, 1.165) is 17.5 Å². The van der Waals surface area contributed by atoms with Gasteiger partial charge in [0.15, 0.2) is 9.84 Å². The van der Waals surface area contributed by atoms with Gasteiger partial charge < -0.3 is 4.74 Å². The van der Waals surface area contributed by atoms with Gasteiger partial charge in [0.25, 0.3) is 0 Å². The van der Waals surface area contributed by atoms with Crippen LogP contribution in [0, 0.1) is 25.2 Å². The first-order valence-electron chi connectivity index (χ1n) is 6.17. The summed E-state index contributed by atoms with van der Waals surface area (Å²) in [5.41, 5.74) is 1.82. The molecule has 1 heterocycles. The molecule has 0 atom stereocenters. The molecule has 0 radical (unpaired) electrons. The lowest BCUT2D eigenvalue weighted by molar-refractivity contribution is 0.458. The van der Waals surface area contributed by atoms with Gasteiger partial charge in [-0.1, -0.05) is 6.07 Å². The van der Waals surface area contributed by atoms with Gasteiger partial charge in [0.2, 0.25) is 5.88 Å². The molecule has 1 aromatic carbocycles. The van der Waals surface area contributed by atoms with Crippen LogP contribution in [0.1, 0.15) is 16.8 Å². The van der Waals surface area contributed by atoms with Gasteiger partial charge in [-0.25, -0.2) is 13.4 Å². The number of aromatic nitrogens is 1. The lowest BCUT2D eigenvalue weighted by Crippen LogP contribution is -1.99. The van der Waals surface area contributed by atoms with Crippen LogP contribution in [-0.4, -0.2) is 19.7 Å². The molecule has 0 aliphatic rings. The topological polar surface area (TPSA) is 80.0 Å². The number of hydrogen-bond acceptors (Lipinski definition) is 5. The lowest BCUT2D eigenvalue weighted by atomic mass is 10.1. The second-order valence-electron chi connectivity index (χ2n) is 4.72. The van der Waals surface area contributed by atoms with Crippen molar-refractivity contribution >= 4 is 9.84 Å². The third kappa shape index (κ3) is 3.38. The third-order valence-corrected chi connectivity index (χ3v) is 3.98. The van der Waals surface area contributed by atoms with Crippen molar-refractivity contribution in [3.8, 4) is 17.7 Å². The minimum atomic E-state index is -3.32. The monoisotopic (exact) mass is 302 g/mol. The molecule has 2 aromatic rings. The van der Waals surface area contributed by atoms with Crippen molar-refractivity contribution in [2.45, 2.75) is 18.7 Å².